The molecule has 3 nitrogen and oxygen atoms in total. The Hall–Kier alpha value is -0.680. The summed E-state index contributed by atoms with van der Waals surface area (Å²) >= 11 is 6.89. The largest absolute Gasteiger partial charge is 0.481 e. The minimum atomic E-state index is -0.811. The predicted molar refractivity (Wildman–Crippen MR) is 88.7 cm³/mol. The van der Waals surface area contributed by atoms with Gasteiger partial charge in [-0.15, -0.1) is 0 Å². The van der Waals surface area contributed by atoms with E-state index in [0.717, 1.165) is 40.2 Å². The summed E-state index contributed by atoms with van der Waals surface area (Å²) in [5, 5.41) is 9.13. The van der Waals surface area contributed by atoms with Crippen molar-refractivity contribution in [3.63, 3.8) is 0 Å². The summed E-state index contributed by atoms with van der Waals surface area (Å²) in [6.07, 6.45) is 4.08. The van der Waals surface area contributed by atoms with Crippen molar-refractivity contribution in [2.75, 3.05) is 0 Å². The molecule has 1 aromatic rings. The molecule has 2 rings (SSSR count). The van der Waals surface area contributed by atoms with Gasteiger partial charge in [-0.1, -0.05) is 44.7 Å². The van der Waals surface area contributed by atoms with Crippen molar-refractivity contribution < 1.29 is 14.7 Å². The highest BCUT2D eigenvalue weighted by molar-refractivity contribution is 9.11. The third-order valence-electron chi connectivity index (χ3n) is 4.27. The molecule has 0 unspecified atom stereocenters. The first-order valence-corrected chi connectivity index (χ1v) is 8.62. The summed E-state index contributed by atoms with van der Waals surface area (Å²) in [7, 11) is 0. The number of hydrogen-bond donors (Lipinski definition) is 1. The molecule has 1 fully saturated rings. The zero-order valence-electron chi connectivity index (χ0n) is 11.9. The van der Waals surface area contributed by atoms with Gasteiger partial charge in [-0.05, 0) is 42.9 Å². The van der Waals surface area contributed by atoms with Crippen molar-refractivity contribution in [2.45, 2.75) is 45.4 Å². The fourth-order valence-electron chi connectivity index (χ4n) is 3.16. The van der Waals surface area contributed by atoms with Crippen molar-refractivity contribution in [1.82, 2.24) is 0 Å². The molecule has 1 aliphatic carbocycles. The normalized spacial score (nSPS) is 16.9. The van der Waals surface area contributed by atoms with Crippen LogP contribution in [0.15, 0.2) is 21.1 Å². The molecule has 1 saturated carbocycles. The average molecular weight is 418 g/mol. The Balaban J connectivity index is 2.24. The van der Waals surface area contributed by atoms with Gasteiger partial charge in [0.2, 0.25) is 0 Å². The Labute approximate surface area is 141 Å². The van der Waals surface area contributed by atoms with Crippen LogP contribution in [0.1, 0.15) is 54.4 Å². The zero-order chi connectivity index (χ0) is 15.6. The number of aliphatic carboxylic acids is 1. The number of carbonyl (C=O) groups excluding carboxylic acids is 1. The SMILES string of the molecule is Cc1cc(Br)c(C(=O)CC2(CC(=O)O)CCCC2)cc1Br. The number of benzene rings is 1. The van der Waals surface area contributed by atoms with Gasteiger partial charge in [-0.3, -0.25) is 9.59 Å². The summed E-state index contributed by atoms with van der Waals surface area (Å²) in [5.41, 5.74) is 1.32. The second kappa shape index (κ2) is 6.61. The van der Waals surface area contributed by atoms with E-state index in [-0.39, 0.29) is 17.6 Å². The second-order valence-electron chi connectivity index (χ2n) is 5.96. The Morgan fingerprint density at radius 3 is 2.33 bits per heavy atom. The number of halogens is 2. The Morgan fingerprint density at radius 1 is 1.14 bits per heavy atom. The molecule has 0 aliphatic heterocycles. The first kappa shape index (κ1) is 16.7. The van der Waals surface area contributed by atoms with Gasteiger partial charge in [0.25, 0.3) is 0 Å². The number of rotatable bonds is 5. The van der Waals surface area contributed by atoms with Crippen molar-refractivity contribution in [2.24, 2.45) is 5.41 Å². The number of hydrogen-bond acceptors (Lipinski definition) is 2. The summed E-state index contributed by atoms with van der Waals surface area (Å²) in [5.74, 6) is -0.792. The second-order valence-corrected chi connectivity index (χ2v) is 7.67. The number of ketones is 1. The Bertz CT molecular complexity index is 575. The molecule has 0 bridgehead atoms. The molecule has 5 heteroatoms. The molecule has 21 heavy (non-hydrogen) atoms. The molecule has 0 spiro atoms. The average Bonchev–Trinajstić information content (AvgIpc) is 2.80. The minimum absolute atomic E-state index is 0.0192. The van der Waals surface area contributed by atoms with Crippen LogP contribution in [0, 0.1) is 12.3 Å². The lowest BCUT2D eigenvalue weighted by Crippen LogP contribution is -2.25. The van der Waals surface area contributed by atoms with Crippen LogP contribution < -0.4 is 0 Å². The Morgan fingerprint density at radius 2 is 1.76 bits per heavy atom. The lowest BCUT2D eigenvalue weighted by atomic mass is 9.77. The highest BCUT2D eigenvalue weighted by atomic mass is 79.9. The van der Waals surface area contributed by atoms with Crippen LogP contribution in [0.4, 0.5) is 0 Å². The van der Waals surface area contributed by atoms with Gasteiger partial charge in [0.15, 0.2) is 5.78 Å². The van der Waals surface area contributed by atoms with Crippen LogP contribution in [0.5, 0.6) is 0 Å². The van der Waals surface area contributed by atoms with E-state index in [9.17, 15) is 9.59 Å². The van der Waals surface area contributed by atoms with Gasteiger partial charge < -0.3 is 5.11 Å². The quantitative estimate of drug-likeness (QED) is 0.675. The fourth-order valence-corrected chi connectivity index (χ4v) is 4.18. The van der Waals surface area contributed by atoms with Crippen LogP contribution in [0.2, 0.25) is 0 Å². The summed E-state index contributed by atoms with van der Waals surface area (Å²) < 4.78 is 1.67. The predicted octanol–water partition coefficient (Wildman–Crippen LogP) is 5.13. The third kappa shape index (κ3) is 3.95. The molecule has 0 heterocycles. The van der Waals surface area contributed by atoms with E-state index in [1.165, 1.54) is 0 Å². The van der Waals surface area contributed by atoms with Gasteiger partial charge in [0.05, 0.1) is 6.42 Å². The molecule has 1 N–H and O–H groups in total. The first-order valence-electron chi connectivity index (χ1n) is 7.04. The highest BCUT2D eigenvalue weighted by Crippen LogP contribution is 2.45. The highest BCUT2D eigenvalue weighted by Gasteiger charge is 2.38. The van der Waals surface area contributed by atoms with E-state index in [4.69, 9.17) is 5.11 Å². The first-order chi connectivity index (χ1) is 9.83. The van der Waals surface area contributed by atoms with E-state index in [0.29, 0.717) is 12.0 Å². The lowest BCUT2D eigenvalue weighted by molar-refractivity contribution is -0.139. The van der Waals surface area contributed by atoms with Gasteiger partial charge in [-0.2, -0.15) is 0 Å². The molecule has 0 saturated heterocycles. The van der Waals surface area contributed by atoms with Gasteiger partial charge in [-0.25, -0.2) is 0 Å². The van der Waals surface area contributed by atoms with Gasteiger partial charge in [0, 0.05) is 20.9 Å². The van der Waals surface area contributed by atoms with E-state index in [2.05, 4.69) is 31.9 Å². The minimum Gasteiger partial charge on any atom is -0.481 e. The molecule has 1 aliphatic rings. The molecule has 0 amide bonds. The van der Waals surface area contributed by atoms with E-state index < -0.39 is 5.97 Å². The molecule has 114 valence electrons. The molecular weight excluding hydrogens is 400 g/mol. The third-order valence-corrected chi connectivity index (χ3v) is 5.79. The molecule has 0 radical (unpaired) electrons. The van der Waals surface area contributed by atoms with E-state index in [1.807, 2.05) is 19.1 Å². The maximum Gasteiger partial charge on any atom is 0.303 e. The molecule has 0 atom stereocenters. The van der Waals surface area contributed by atoms with Crippen LogP contribution >= 0.6 is 31.9 Å². The van der Waals surface area contributed by atoms with Gasteiger partial charge in [0.1, 0.15) is 0 Å². The van der Waals surface area contributed by atoms with Crippen molar-refractivity contribution in [1.29, 1.82) is 0 Å². The molecule has 1 aromatic carbocycles. The summed E-state index contributed by atoms with van der Waals surface area (Å²) in [4.78, 5) is 23.7. The maximum atomic E-state index is 12.6. The molecule has 0 aromatic heterocycles. The van der Waals surface area contributed by atoms with Crippen LogP contribution in [-0.4, -0.2) is 16.9 Å². The fraction of sp³-hybridized carbons (Fsp3) is 0.500. The topological polar surface area (TPSA) is 54.4 Å². The standard InChI is InChI=1S/C16H18Br2O3/c1-10-6-13(18)11(7-12(10)17)14(19)8-16(9-15(20)21)4-2-3-5-16/h6-7H,2-5,8-9H2,1H3,(H,20,21). The summed E-state index contributed by atoms with van der Waals surface area (Å²) in [6.45, 7) is 1.96. The maximum absolute atomic E-state index is 12.6. The molecular formula is C16H18Br2O3. The van der Waals surface area contributed by atoms with Gasteiger partial charge >= 0.3 is 5.97 Å². The van der Waals surface area contributed by atoms with E-state index in [1.54, 1.807) is 0 Å². The Kier molecular flexibility index (Phi) is 5.25. The lowest BCUT2D eigenvalue weighted by Gasteiger charge is -2.26. The van der Waals surface area contributed by atoms with Crippen LogP contribution in [-0.2, 0) is 4.79 Å². The van der Waals surface area contributed by atoms with E-state index >= 15 is 0 Å². The van der Waals surface area contributed by atoms with Crippen molar-refractivity contribution in [3.05, 3.63) is 32.2 Å². The number of carbonyl (C=O) groups is 2. The zero-order valence-corrected chi connectivity index (χ0v) is 15.1. The number of carboxylic acid groups (broad SMARTS) is 1. The number of aryl methyl sites for hydroxylation is 1. The monoisotopic (exact) mass is 416 g/mol. The van der Waals surface area contributed by atoms with Crippen molar-refractivity contribution >= 4 is 43.6 Å². The summed E-state index contributed by atoms with van der Waals surface area (Å²) in [6, 6.07) is 3.74. The van der Waals surface area contributed by atoms with Crippen molar-refractivity contribution in [3.8, 4) is 0 Å². The smallest absolute Gasteiger partial charge is 0.303 e. The van der Waals surface area contributed by atoms with Crippen LogP contribution in [0.25, 0.3) is 0 Å². The number of carboxylic acids is 1. The number of Topliss-reactive ketones (excluding diaryl/α,β-unsaturated/α-hetero) is 1. The van der Waals surface area contributed by atoms with Crippen LogP contribution in [0.3, 0.4) is 0 Å².